The molecular formula is C69H137NO8P+. The Balaban J connectivity index is 3.83. The van der Waals surface area contributed by atoms with Crippen molar-refractivity contribution >= 4 is 19.8 Å². The van der Waals surface area contributed by atoms with Crippen molar-refractivity contribution in [2.45, 2.75) is 373 Å². The Bertz CT molecular complexity index is 1340. The number of hydrogen-bond acceptors (Lipinski definition) is 7. The highest BCUT2D eigenvalue weighted by Gasteiger charge is 2.27. The van der Waals surface area contributed by atoms with Crippen LogP contribution < -0.4 is 0 Å². The second kappa shape index (κ2) is 61.3. The molecule has 2 atom stereocenters. The van der Waals surface area contributed by atoms with Crippen molar-refractivity contribution in [1.29, 1.82) is 0 Å². The zero-order valence-corrected chi connectivity index (χ0v) is 54.5. The summed E-state index contributed by atoms with van der Waals surface area (Å²) in [5.41, 5.74) is 0. The molecule has 0 aliphatic rings. The zero-order chi connectivity index (χ0) is 57.7. The number of hydrogen-bond donors (Lipinski definition) is 1. The lowest BCUT2D eigenvalue weighted by Crippen LogP contribution is -2.37. The molecule has 10 heteroatoms. The smallest absolute Gasteiger partial charge is 0.462 e. The normalized spacial score (nSPS) is 13.1. The first kappa shape index (κ1) is 77.8. The van der Waals surface area contributed by atoms with Crippen molar-refractivity contribution in [3.05, 3.63) is 12.2 Å². The number of carbonyl (C=O) groups excluding carboxylic acids is 2. The van der Waals surface area contributed by atoms with Gasteiger partial charge in [0, 0.05) is 12.8 Å². The SMILES string of the molecule is CCCCCCCCC/C=C\CCCCCCCC(=O)OC(COC(=O)CCCCCCCCCCCCCCCCCCCCCCCCCCCCCCCCCCCCCCCCC)COP(=O)(O)OCC[N+](C)(C)C. The first-order valence-electron chi connectivity index (χ1n) is 34.9. The predicted molar refractivity (Wildman–Crippen MR) is 340 cm³/mol. The number of unbranched alkanes of at least 4 members (excludes halogenated alkanes) is 50. The molecular weight excluding hydrogens is 1000 g/mol. The molecule has 470 valence electrons. The molecule has 0 spiro atoms. The van der Waals surface area contributed by atoms with Gasteiger partial charge < -0.3 is 18.9 Å². The molecule has 0 aromatic rings. The largest absolute Gasteiger partial charge is 0.472 e. The zero-order valence-electron chi connectivity index (χ0n) is 53.7. The van der Waals surface area contributed by atoms with Gasteiger partial charge in [0.15, 0.2) is 6.10 Å². The molecule has 79 heavy (non-hydrogen) atoms. The standard InChI is InChI=1S/C69H136NO8P/c1-6-8-10-12-14-16-18-20-22-24-25-26-27-28-29-30-31-32-33-34-35-36-37-38-39-40-41-42-43-44-45-46-48-49-51-53-55-57-59-61-68(71)75-65-67(66-77-79(73,74)76-64-63-70(3,4)5)78-69(72)62-60-58-56-54-52-50-47-23-21-19-17-15-13-11-9-7-2/h23,47,67H,6-22,24-46,48-66H2,1-5H3/p+1/b47-23-. The van der Waals surface area contributed by atoms with Crippen LogP contribution in [0.3, 0.4) is 0 Å². The molecule has 0 aliphatic heterocycles. The summed E-state index contributed by atoms with van der Waals surface area (Å²) >= 11 is 0. The summed E-state index contributed by atoms with van der Waals surface area (Å²) in [5.74, 6) is -0.787. The Kier molecular flexibility index (Phi) is 60.3. The van der Waals surface area contributed by atoms with Gasteiger partial charge in [-0.05, 0) is 38.5 Å². The van der Waals surface area contributed by atoms with E-state index in [0.717, 1.165) is 51.4 Å². The lowest BCUT2D eigenvalue weighted by atomic mass is 10.0. The molecule has 0 bridgehead atoms. The highest BCUT2D eigenvalue weighted by atomic mass is 31.2. The van der Waals surface area contributed by atoms with E-state index >= 15 is 0 Å². The highest BCUT2D eigenvalue weighted by Crippen LogP contribution is 2.43. The monoisotopic (exact) mass is 1140 g/mol. The first-order valence-corrected chi connectivity index (χ1v) is 36.4. The molecule has 0 amide bonds. The number of allylic oxidation sites excluding steroid dienone is 2. The summed E-state index contributed by atoms with van der Waals surface area (Å²) in [6.07, 6.45) is 74.9. The van der Waals surface area contributed by atoms with Gasteiger partial charge in [0.2, 0.25) is 0 Å². The molecule has 0 saturated heterocycles. The maximum atomic E-state index is 12.8. The van der Waals surface area contributed by atoms with Gasteiger partial charge in [0.1, 0.15) is 19.8 Å². The van der Waals surface area contributed by atoms with E-state index in [1.165, 1.54) is 283 Å². The van der Waals surface area contributed by atoms with Crippen molar-refractivity contribution in [1.82, 2.24) is 0 Å². The molecule has 0 aromatic carbocycles. The Morgan fingerprint density at radius 1 is 0.380 bits per heavy atom. The lowest BCUT2D eigenvalue weighted by Gasteiger charge is -2.24. The van der Waals surface area contributed by atoms with Crippen molar-refractivity contribution < 1.29 is 42.1 Å². The van der Waals surface area contributed by atoms with Crippen molar-refractivity contribution in [2.75, 3.05) is 47.5 Å². The van der Waals surface area contributed by atoms with Crippen LogP contribution in [0.5, 0.6) is 0 Å². The number of rotatable bonds is 66. The number of ether oxygens (including phenoxy) is 2. The van der Waals surface area contributed by atoms with Gasteiger partial charge >= 0.3 is 19.8 Å². The highest BCUT2D eigenvalue weighted by molar-refractivity contribution is 7.47. The Morgan fingerprint density at radius 3 is 0.937 bits per heavy atom. The minimum absolute atomic E-state index is 0.0338. The van der Waals surface area contributed by atoms with Crippen LogP contribution in [0.2, 0.25) is 0 Å². The van der Waals surface area contributed by atoms with Crippen LogP contribution in [0.25, 0.3) is 0 Å². The molecule has 0 saturated carbocycles. The fraction of sp³-hybridized carbons (Fsp3) is 0.942. The average molecular weight is 1140 g/mol. The second-order valence-corrected chi connectivity index (χ2v) is 26.7. The Hall–Kier alpha value is -1.25. The summed E-state index contributed by atoms with van der Waals surface area (Å²) in [7, 11) is 1.49. The van der Waals surface area contributed by atoms with Crippen molar-refractivity contribution in [2.24, 2.45) is 0 Å². The van der Waals surface area contributed by atoms with E-state index in [2.05, 4.69) is 26.0 Å². The van der Waals surface area contributed by atoms with Gasteiger partial charge in [-0.15, -0.1) is 0 Å². The van der Waals surface area contributed by atoms with Gasteiger partial charge in [-0.2, -0.15) is 0 Å². The summed E-state index contributed by atoms with van der Waals surface area (Å²) in [4.78, 5) is 35.7. The molecule has 0 fully saturated rings. The molecule has 0 heterocycles. The lowest BCUT2D eigenvalue weighted by molar-refractivity contribution is -0.870. The average Bonchev–Trinajstić information content (AvgIpc) is 3.41. The van der Waals surface area contributed by atoms with Crippen LogP contribution in [0.1, 0.15) is 367 Å². The third-order valence-corrected chi connectivity index (χ3v) is 17.0. The summed E-state index contributed by atoms with van der Waals surface area (Å²) < 4.78 is 34.6. The molecule has 2 unspecified atom stereocenters. The van der Waals surface area contributed by atoms with Crippen LogP contribution in [-0.2, 0) is 32.7 Å². The van der Waals surface area contributed by atoms with E-state index in [0.29, 0.717) is 23.9 Å². The van der Waals surface area contributed by atoms with Crippen LogP contribution in [-0.4, -0.2) is 74.9 Å². The second-order valence-electron chi connectivity index (χ2n) is 25.3. The summed E-state index contributed by atoms with van der Waals surface area (Å²) in [6.45, 7) is 4.49. The van der Waals surface area contributed by atoms with Gasteiger partial charge in [-0.1, -0.05) is 328 Å². The van der Waals surface area contributed by atoms with Crippen LogP contribution in [0, 0.1) is 0 Å². The number of esters is 2. The van der Waals surface area contributed by atoms with Gasteiger partial charge in [0.25, 0.3) is 0 Å². The van der Waals surface area contributed by atoms with Crippen LogP contribution in [0.15, 0.2) is 12.2 Å². The van der Waals surface area contributed by atoms with E-state index < -0.39 is 26.5 Å². The minimum Gasteiger partial charge on any atom is -0.462 e. The number of carbonyl (C=O) groups is 2. The van der Waals surface area contributed by atoms with Gasteiger partial charge in [0.05, 0.1) is 27.7 Å². The molecule has 0 radical (unpaired) electrons. The molecule has 0 rings (SSSR count). The Labute approximate surface area is 492 Å². The predicted octanol–water partition coefficient (Wildman–Crippen LogP) is 22.3. The molecule has 0 aromatic heterocycles. The number of phosphoric acid groups is 1. The van der Waals surface area contributed by atoms with E-state index in [4.69, 9.17) is 18.5 Å². The summed E-state index contributed by atoms with van der Waals surface area (Å²) in [5, 5.41) is 0. The fourth-order valence-electron chi connectivity index (χ4n) is 10.7. The van der Waals surface area contributed by atoms with Gasteiger partial charge in [-0.3, -0.25) is 18.6 Å². The summed E-state index contributed by atoms with van der Waals surface area (Å²) in [6, 6.07) is 0. The third-order valence-electron chi connectivity index (χ3n) is 16.0. The van der Waals surface area contributed by atoms with Crippen molar-refractivity contribution in [3.8, 4) is 0 Å². The maximum absolute atomic E-state index is 12.8. The maximum Gasteiger partial charge on any atom is 0.472 e. The molecule has 1 N–H and O–H groups in total. The number of quaternary nitrogens is 1. The fourth-order valence-corrected chi connectivity index (χ4v) is 11.4. The number of likely N-dealkylation sites (N-methyl/N-ethyl adjacent to an activating group) is 1. The number of nitrogens with zero attached hydrogens (tertiary/aromatic N) is 1. The van der Waals surface area contributed by atoms with E-state index in [1.807, 2.05) is 21.1 Å². The molecule has 0 aliphatic carbocycles. The van der Waals surface area contributed by atoms with Gasteiger partial charge in [-0.25, -0.2) is 4.57 Å². The van der Waals surface area contributed by atoms with E-state index in [9.17, 15) is 19.0 Å². The van der Waals surface area contributed by atoms with E-state index in [-0.39, 0.29) is 25.6 Å². The van der Waals surface area contributed by atoms with Crippen LogP contribution in [0.4, 0.5) is 0 Å². The minimum atomic E-state index is -4.38. The van der Waals surface area contributed by atoms with E-state index in [1.54, 1.807) is 0 Å². The number of phosphoric ester groups is 1. The Morgan fingerprint density at radius 2 is 0.646 bits per heavy atom. The first-order chi connectivity index (χ1) is 38.5. The van der Waals surface area contributed by atoms with Crippen LogP contribution >= 0.6 is 7.82 Å². The quantitative estimate of drug-likeness (QED) is 0.0211. The van der Waals surface area contributed by atoms with Crippen molar-refractivity contribution in [3.63, 3.8) is 0 Å². The topological polar surface area (TPSA) is 108 Å². The molecule has 9 nitrogen and oxygen atoms in total. The third kappa shape index (κ3) is 65.8.